The third-order valence-corrected chi connectivity index (χ3v) is 5.51. The first-order valence-electron chi connectivity index (χ1n) is 11.6. The van der Waals surface area contributed by atoms with Crippen LogP contribution in [0.15, 0.2) is 65.2 Å². The van der Waals surface area contributed by atoms with Gasteiger partial charge < -0.3 is 31.1 Å². The van der Waals surface area contributed by atoms with Crippen LogP contribution in [-0.2, 0) is 30.4 Å². The number of aromatic nitrogens is 1. The zero-order valence-electron chi connectivity index (χ0n) is 20.1. The monoisotopic (exact) mass is 522 g/mol. The summed E-state index contributed by atoms with van der Waals surface area (Å²) in [6.45, 7) is 0. The number of carbonyl (C=O) groups is 5. The smallest absolute Gasteiger partial charge is 0.305 e. The van der Waals surface area contributed by atoms with E-state index < -0.39 is 54.6 Å². The SMILES string of the molecule is NC(=O)C(CC(=O)O)NC(=O)C(CC(=O)O)NC(=O)CCc1cc(-c2ccc(-c3ccccc3)cc2)no1. The summed E-state index contributed by atoms with van der Waals surface area (Å²) < 4.78 is 5.31. The van der Waals surface area contributed by atoms with Gasteiger partial charge in [0.25, 0.3) is 0 Å². The largest absolute Gasteiger partial charge is 0.481 e. The second-order valence-corrected chi connectivity index (χ2v) is 8.40. The van der Waals surface area contributed by atoms with Gasteiger partial charge in [0.2, 0.25) is 17.7 Å². The van der Waals surface area contributed by atoms with Gasteiger partial charge in [-0.1, -0.05) is 59.8 Å². The average molecular weight is 523 g/mol. The maximum atomic E-state index is 12.4. The predicted molar refractivity (Wildman–Crippen MR) is 133 cm³/mol. The molecule has 2 aromatic carbocycles. The molecule has 3 aromatic rings. The summed E-state index contributed by atoms with van der Waals surface area (Å²) in [5, 5.41) is 26.3. The Kier molecular flexibility index (Phi) is 9.30. The first-order chi connectivity index (χ1) is 18.1. The Morgan fingerprint density at radius 2 is 1.39 bits per heavy atom. The first-order valence-corrected chi connectivity index (χ1v) is 11.6. The van der Waals surface area contributed by atoms with E-state index >= 15 is 0 Å². The van der Waals surface area contributed by atoms with Crippen molar-refractivity contribution in [3.63, 3.8) is 0 Å². The third-order valence-electron chi connectivity index (χ3n) is 5.51. The number of carbonyl (C=O) groups excluding carboxylic acids is 3. The van der Waals surface area contributed by atoms with E-state index in [0.717, 1.165) is 16.7 Å². The number of nitrogens with zero attached hydrogens (tertiary/aromatic N) is 1. The minimum Gasteiger partial charge on any atom is -0.481 e. The van der Waals surface area contributed by atoms with Gasteiger partial charge in [0.1, 0.15) is 23.5 Å². The lowest BCUT2D eigenvalue weighted by molar-refractivity contribution is -0.142. The van der Waals surface area contributed by atoms with Crippen LogP contribution in [0.25, 0.3) is 22.4 Å². The molecule has 0 radical (unpaired) electrons. The quantitative estimate of drug-likeness (QED) is 0.219. The second-order valence-electron chi connectivity index (χ2n) is 8.40. The van der Waals surface area contributed by atoms with Crippen molar-refractivity contribution in [2.45, 2.75) is 37.8 Å². The van der Waals surface area contributed by atoms with Crippen LogP contribution in [0.5, 0.6) is 0 Å². The fourth-order valence-electron chi connectivity index (χ4n) is 3.59. The minimum atomic E-state index is -1.57. The van der Waals surface area contributed by atoms with Crippen molar-refractivity contribution in [3.8, 4) is 22.4 Å². The number of nitrogens with two attached hydrogens (primary N) is 1. The molecule has 1 aromatic heterocycles. The van der Waals surface area contributed by atoms with Gasteiger partial charge in [0.15, 0.2) is 0 Å². The number of carboxylic acid groups (broad SMARTS) is 2. The summed E-state index contributed by atoms with van der Waals surface area (Å²) in [4.78, 5) is 58.3. The zero-order chi connectivity index (χ0) is 27.7. The molecule has 38 heavy (non-hydrogen) atoms. The zero-order valence-corrected chi connectivity index (χ0v) is 20.1. The molecule has 0 bridgehead atoms. The molecule has 2 atom stereocenters. The number of rotatable bonds is 13. The van der Waals surface area contributed by atoms with Crippen LogP contribution >= 0.6 is 0 Å². The third kappa shape index (κ3) is 8.01. The molecular formula is C26H26N4O8. The van der Waals surface area contributed by atoms with Crippen LogP contribution in [-0.4, -0.2) is 57.1 Å². The maximum absolute atomic E-state index is 12.4. The number of hydrogen-bond acceptors (Lipinski definition) is 7. The minimum absolute atomic E-state index is 0.116. The van der Waals surface area contributed by atoms with E-state index in [9.17, 15) is 24.0 Å². The fourth-order valence-corrected chi connectivity index (χ4v) is 3.59. The lowest BCUT2D eigenvalue weighted by atomic mass is 10.0. The molecule has 2 unspecified atom stereocenters. The van der Waals surface area contributed by atoms with Gasteiger partial charge in [-0.3, -0.25) is 24.0 Å². The topological polar surface area (TPSA) is 202 Å². The molecule has 1 heterocycles. The van der Waals surface area contributed by atoms with Gasteiger partial charge in [-0.25, -0.2) is 0 Å². The van der Waals surface area contributed by atoms with Gasteiger partial charge in [-0.05, 0) is 11.1 Å². The van der Waals surface area contributed by atoms with E-state index in [-0.39, 0.29) is 12.8 Å². The second kappa shape index (κ2) is 12.8. The summed E-state index contributed by atoms with van der Waals surface area (Å²) >= 11 is 0. The van der Waals surface area contributed by atoms with Gasteiger partial charge in [-0.15, -0.1) is 0 Å². The van der Waals surface area contributed by atoms with Gasteiger partial charge >= 0.3 is 11.9 Å². The van der Waals surface area contributed by atoms with E-state index in [1.807, 2.05) is 54.6 Å². The van der Waals surface area contributed by atoms with E-state index in [0.29, 0.717) is 11.5 Å². The average Bonchev–Trinajstić information content (AvgIpc) is 3.36. The standard InChI is InChI=1S/C26H26N4O8/c27-25(36)20(13-23(32)33)29-26(37)21(14-24(34)35)28-22(31)11-10-18-12-19(30-38-18)17-8-6-16(7-9-17)15-4-2-1-3-5-15/h1-9,12,20-21H,10-11,13-14H2,(H2,27,36)(H,28,31)(H,29,37)(H,32,33)(H,34,35). The van der Waals surface area contributed by atoms with Crippen LogP contribution < -0.4 is 16.4 Å². The first kappa shape index (κ1) is 27.6. The number of carboxylic acids is 2. The summed E-state index contributed by atoms with van der Waals surface area (Å²) in [6.07, 6.45) is -1.62. The Morgan fingerprint density at radius 3 is 2.00 bits per heavy atom. The maximum Gasteiger partial charge on any atom is 0.305 e. The van der Waals surface area contributed by atoms with E-state index in [1.165, 1.54) is 0 Å². The number of aryl methyl sites for hydroxylation is 1. The molecule has 0 fully saturated rings. The van der Waals surface area contributed by atoms with Crippen molar-refractivity contribution in [2.75, 3.05) is 0 Å². The summed E-state index contributed by atoms with van der Waals surface area (Å²) in [7, 11) is 0. The molecule has 3 amide bonds. The molecule has 12 heteroatoms. The number of benzene rings is 2. The highest BCUT2D eigenvalue weighted by atomic mass is 16.5. The highest BCUT2D eigenvalue weighted by Gasteiger charge is 2.28. The van der Waals surface area contributed by atoms with Crippen LogP contribution in [0.1, 0.15) is 25.0 Å². The molecule has 6 N–H and O–H groups in total. The highest BCUT2D eigenvalue weighted by molar-refractivity contribution is 5.94. The van der Waals surface area contributed by atoms with Crippen LogP contribution in [0.2, 0.25) is 0 Å². The Bertz CT molecular complexity index is 1300. The van der Waals surface area contributed by atoms with Crippen molar-refractivity contribution in [1.82, 2.24) is 15.8 Å². The van der Waals surface area contributed by atoms with Gasteiger partial charge in [-0.2, -0.15) is 0 Å². The molecule has 0 spiro atoms. The van der Waals surface area contributed by atoms with Crippen molar-refractivity contribution in [3.05, 3.63) is 66.4 Å². The molecule has 0 aliphatic heterocycles. The molecule has 0 saturated carbocycles. The van der Waals surface area contributed by atoms with Crippen molar-refractivity contribution >= 4 is 29.7 Å². The van der Waals surface area contributed by atoms with Crippen LogP contribution in [0, 0.1) is 0 Å². The van der Waals surface area contributed by atoms with Crippen molar-refractivity contribution in [2.24, 2.45) is 5.73 Å². The van der Waals surface area contributed by atoms with E-state index in [2.05, 4.69) is 15.8 Å². The number of amides is 3. The number of hydrogen-bond donors (Lipinski definition) is 5. The Balaban J connectivity index is 1.58. The Labute approximate surface area is 216 Å². The van der Waals surface area contributed by atoms with Crippen LogP contribution in [0.4, 0.5) is 0 Å². The summed E-state index contributed by atoms with van der Waals surface area (Å²) in [5.74, 6) is -5.21. The van der Waals surface area contributed by atoms with Gasteiger partial charge in [0, 0.05) is 24.5 Å². The van der Waals surface area contributed by atoms with Gasteiger partial charge in [0.05, 0.1) is 12.8 Å². The number of aliphatic carboxylic acids is 2. The van der Waals surface area contributed by atoms with Crippen molar-refractivity contribution < 1.29 is 38.7 Å². The summed E-state index contributed by atoms with van der Waals surface area (Å²) in [6, 6.07) is 16.1. The van der Waals surface area contributed by atoms with E-state index in [1.54, 1.807) is 6.07 Å². The fraction of sp³-hybridized carbons (Fsp3) is 0.231. The van der Waals surface area contributed by atoms with Crippen molar-refractivity contribution in [1.29, 1.82) is 0 Å². The molecule has 0 aliphatic carbocycles. The Hall–Kier alpha value is -5.00. The highest BCUT2D eigenvalue weighted by Crippen LogP contribution is 2.25. The molecule has 12 nitrogen and oxygen atoms in total. The lowest BCUT2D eigenvalue weighted by Gasteiger charge is -2.20. The molecule has 198 valence electrons. The number of primary amides is 1. The van der Waals surface area contributed by atoms with Crippen LogP contribution in [0.3, 0.4) is 0 Å². The summed E-state index contributed by atoms with van der Waals surface area (Å²) in [5.41, 5.74) is 8.59. The lowest BCUT2D eigenvalue weighted by Crippen LogP contribution is -2.54. The molecule has 3 rings (SSSR count). The normalized spacial score (nSPS) is 12.2. The number of nitrogens with one attached hydrogen (secondary N) is 2. The molecular weight excluding hydrogens is 496 g/mol. The Morgan fingerprint density at radius 1 is 0.816 bits per heavy atom. The molecule has 0 saturated heterocycles. The van der Waals surface area contributed by atoms with E-state index in [4.69, 9.17) is 20.5 Å². The molecule has 0 aliphatic rings. The predicted octanol–water partition coefficient (Wildman–Crippen LogP) is 1.35.